The van der Waals surface area contributed by atoms with Crippen molar-refractivity contribution in [3.05, 3.63) is 29.5 Å². The Hall–Kier alpha value is -3.80. The number of amides is 2. The number of nitrogens with zero attached hydrogens (tertiary/aromatic N) is 3. The molecule has 1 aromatic heterocycles. The van der Waals surface area contributed by atoms with E-state index in [2.05, 4.69) is 20.5 Å². The van der Waals surface area contributed by atoms with E-state index in [0.717, 1.165) is 25.0 Å². The Bertz CT molecular complexity index is 1130. The number of carbonyl (C=O) groups is 2. The Labute approximate surface area is 214 Å². The van der Waals surface area contributed by atoms with Gasteiger partial charge in [0.15, 0.2) is 12.4 Å². The van der Waals surface area contributed by atoms with E-state index in [-0.39, 0.29) is 36.2 Å². The molecule has 2 aromatic rings. The summed E-state index contributed by atoms with van der Waals surface area (Å²) in [6.45, 7) is 4.59. The summed E-state index contributed by atoms with van der Waals surface area (Å²) in [6.07, 6.45) is 3.93. The van der Waals surface area contributed by atoms with Gasteiger partial charge < -0.3 is 24.6 Å². The highest BCUT2D eigenvalue weighted by Gasteiger charge is 2.32. The number of benzene rings is 1. The second kappa shape index (κ2) is 12.0. The highest BCUT2D eigenvalue weighted by Crippen LogP contribution is 2.36. The molecule has 12 nitrogen and oxygen atoms in total. The summed E-state index contributed by atoms with van der Waals surface area (Å²) < 4.78 is 16.4. The zero-order chi connectivity index (χ0) is 26.4. The number of phenols is 1. The van der Waals surface area contributed by atoms with Crippen molar-refractivity contribution < 1.29 is 33.7 Å². The van der Waals surface area contributed by atoms with Crippen molar-refractivity contribution in [3.8, 4) is 17.2 Å². The number of hydrogen-bond acceptors (Lipinski definition) is 9. The SMILES string of the molecule is COc1cc(O)c(C=NC(C)C)c(OCC(=O)Nc2cc([C@H]3CC[C@@H](OC(=O)N4CCCO4)C3)[nH]n2)c1. The number of hydrogen-bond donors (Lipinski definition) is 3. The molecule has 0 spiro atoms. The maximum atomic E-state index is 12.5. The third kappa shape index (κ3) is 6.91. The Morgan fingerprint density at radius 1 is 1.35 bits per heavy atom. The smallest absolute Gasteiger partial charge is 0.434 e. The largest absolute Gasteiger partial charge is 0.507 e. The van der Waals surface area contributed by atoms with E-state index in [1.807, 2.05) is 13.8 Å². The van der Waals surface area contributed by atoms with Crippen molar-refractivity contribution in [2.75, 3.05) is 32.2 Å². The van der Waals surface area contributed by atoms with Crippen LogP contribution < -0.4 is 14.8 Å². The van der Waals surface area contributed by atoms with E-state index < -0.39 is 12.0 Å². The number of aromatic amines is 1. The van der Waals surface area contributed by atoms with Crippen LogP contribution in [-0.4, -0.2) is 77.6 Å². The molecule has 1 saturated carbocycles. The van der Waals surface area contributed by atoms with Crippen molar-refractivity contribution in [2.45, 2.75) is 57.6 Å². The van der Waals surface area contributed by atoms with E-state index in [1.54, 1.807) is 12.1 Å². The number of carbonyl (C=O) groups excluding carboxylic acids is 2. The lowest BCUT2D eigenvalue weighted by Gasteiger charge is -2.17. The van der Waals surface area contributed by atoms with Crippen LogP contribution in [0.1, 0.15) is 56.7 Å². The molecule has 2 aliphatic rings. The summed E-state index contributed by atoms with van der Waals surface area (Å²) in [5.74, 6) is 0.671. The first-order valence-electron chi connectivity index (χ1n) is 12.4. The fourth-order valence-corrected chi connectivity index (χ4v) is 4.23. The number of nitrogens with one attached hydrogen (secondary N) is 2. The normalized spacial score (nSPS) is 19.5. The van der Waals surface area contributed by atoms with Gasteiger partial charge in [-0.05, 0) is 39.5 Å². The molecule has 1 aliphatic carbocycles. The molecule has 1 aliphatic heterocycles. The lowest BCUT2D eigenvalue weighted by atomic mass is 10.0. The van der Waals surface area contributed by atoms with Crippen LogP contribution in [0.3, 0.4) is 0 Å². The topological polar surface area (TPSA) is 148 Å². The number of methoxy groups -OCH3 is 1. The van der Waals surface area contributed by atoms with Gasteiger partial charge in [0.25, 0.3) is 5.91 Å². The van der Waals surface area contributed by atoms with Crippen LogP contribution in [0.5, 0.6) is 17.2 Å². The zero-order valence-electron chi connectivity index (χ0n) is 21.2. The van der Waals surface area contributed by atoms with Crippen LogP contribution >= 0.6 is 0 Å². The molecule has 0 unspecified atom stereocenters. The first-order chi connectivity index (χ1) is 17.8. The number of aromatic nitrogens is 2. The summed E-state index contributed by atoms with van der Waals surface area (Å²) in [5, 5.41) is 21.5. The lowest BCUT2D eigenvalue weighted by molar-refractivity contribution is -0.118. The highest BCUT2D eigenvalue weighted by molar-refractivity contribution is 5.92. The molecule has 1 saturated heterocycles. The van der Waals surface area contributed by atoms with Gasteiger partial charge in [-0.15, -0.1) is 0 Å². The third-order valence-corrected chi connectivity index (χ3v) is 6.10. The van der Waals surface area contributed by atoms with Gasteiger partial charge in [0.2, 0.25) is 0 Å². The molecule has 37 heavy (non-hydrogen) atoms. The molecule has 2 atom stereocenters. The molecule has 2 heterocycles. The summed E-state index contributed by atoms with van der Waals surface area (Å²) in [7, 11) is 1.47. The monoisotopic (exact) mass is 515 g/mol. The van der Waals surface area contributed by atoms with Crippen LogP contribution in [0.2, 0.25) is 0 Å². The predicted molar refractivity (Wildman–Crippen MR) is 134 cm³/mol. The van der Waals surface area contributed by atoms with E-state index in [1.165, 1.54) is 24.5 Å². The molecule has 0 radical (unpaired) electrons. The van der Waals surface area contributed by atoms with Crippen LogP contribution in [0.15, 0.2) is 23.2 Å². The molecule has 200 valence electrons. The van der Waals surface area contributed by atoms with Crippen molar-refractivity contribution in [3.63, 3.8) is 0 Å². The average molecular weight is 516 g/mol. The van der Waals surface area contributed by atoms with Gasteiger partial charge in [-0.3, -0.25) is 19.7 Å². The Kier molecular flexibility index (Phi) is 8.49. The standard InChI is InChI=1S/C25H33N5O7/c1-15(2)26-13-19-21(31)10-18(34-3)11-22(19)35-14-24(32)27-23-12-20(28-29-23)16-5-6-17(9-16)37-25(33)30-7-4-8-36-30/h10-13,15-17,31H,4-9,14H2,1-3H3,(H2,27,28,29,32)/t16-,17+/m0/s1. The number of rotatable bonds is 9. The minimum Gasteiger partial charge on any atom is -0.507 e. The molecular formula is C25H33N5O7. The number of anilines is 1. The van der Waals surface area contributed by atoms with E-state index in [4.69, 9.17) is 19.0 Å². The second-order valence-electron chi connectivity index (χ2n) is 9.28. The van der Waals surface area contributed by atoms with Crippen molar-refractivity contribution in [1.82, 2.24) is 15.3 Å². The van der Waals surface area contributed by atoms with Gasteiger partial charge in [0.05, 0.1) is 25.8 Å². The quantitative estimate of drug-likeness (QED) is 0.431. The summed E-state index contributed by atoms with van der Waals surface area (Å²) >= 11 is 0. The molecular weight excluding hydrogens is 482 g/mol. The Morgan fingerprint density at radius 3 is 2.92 bits per heavy atom. The van der Waals surface area contributed by atoms with Gasteiger partial charge in [-0.1, -0.05) is 0 Å². The van der Waals surface area contributed by atoms with Crippen LogP contribution in [-0.2, 0) is 14.4 Å². The van der Waals surface area contributed by atoms with E-state index >= 15 is 0 Å². The molecule has 0 bridgehead atoms. The summed E-state index contributed by atoms with van der Waals surface area (Å²) in [6, 6.07) is 4.83. The fraction of sp³-hybridized carbons (Fsp3) is 0.520. The van der Waals surface area contributed by atoms with Gasteiger partial charge in [0, 0.05) is 42.1 Å². The van der Waals surface area contributed by atoms with Gasteiger partial charge in [-0.2, -0.15) is 10.2 Å². The molecule has 2 fully saturated rings. The molecule has 1 aromatic carbocycles. The minimum absolute atomic E-state index is 0.0211. The van der Waals surface area contributed by atoms with Crippen LogP contribution in [0.25, 0.3) is 0 Å². The lowest BCUT2D eigenvalue weighted by Crippen LogP contribution is -2.30. The second-order valence-corrected chi connectivity index (χ2v) is 9.28. The van der Waals surface area contributed by atoms with Crippen LogP contribution in [0, 0.1) is 0 Å². The number of phenolic OH excluding ortho intramolecular Hbond substituents is 1. The van der Waals surface area contributed by atoms with Crippen molar-refractivity contribution in [1.29, 1.82) is 0 Å². The highest BCUT2D eigenvalue weighted by atomic mass is 16.7. The molecule has 3 N–H and O–H groups in total. The summed E-state index contributed by atoms with van der Waals surface area (Å²) in [4.78, 5) is 34.2. The molecule has 12 heteroatoms. The maximum Gasteiger partial charge on any atom is 0.434 e. The molecule has 2 amide bonds. The number of hydroxylamine groups is 2. The first kappa shape index (κ1) is 26.3. The third-order valence-electron chi connectivity index (χ3n) is 6.10. The number of aromatic hydroxyl groups is 1. The zero-order valence-corrected chi connectivity index (χ0v) is 21.2. The first-order valence-corrected chi connectivity index (χ1v) is 12.4. The van der Waals surface area contributed by atoms with E-state index in [0.29, 0.717) is 36.7 Å². The Balaban J connectivity index is 1.30. The maximum absolute atomic E-state index is 12.5. The van der Waals surface area contributed by atoms with Gasteiger partial charge >= 0.3 is 6.09 Å². The summed E-state index contributed by atoms with van der Waals surface area (Å²) in [5.41, 5.74) is 1.22. The van der Waals surface area contributed by atoms with Gasteiger partial charge in [-0.25, -0.2) is 4.79 Å². The van der Waals surface area contributed by atoms with Crippen LogP contribution in [0.4, 0.5) is 10.6 Å². The van der Waals surface area contributed by atoms with Crippen molar-refractivity contribution >= 4 is 24.0 Å². The number of ether oxygens (including phenoxy) is 3. The number of H-pyrrole nitrogens is 1. The predicted octanol–water partition coefficient (Wildman–Crippen LogP) is 3.38. The fourth-order valence-electron chi connectivity index (χ4n) is 4.23. The Morgan fingerprint density at radius 2 is 2.19 bits per heavy atom. The molecule has 4 rings (SSSR count). The number of aliphatic imine (C=N–C) groups is 1. The van der Waals surface area contributed by atoms with E-state index in [9.17, 15) is 14.7 Å². The average Bonchev–Trinajstić information content (AvgIpc) is 3.63. The van der Waals surface area contributed by atoms with Crippen molar-refractivity contribution in [2.24, 2.45) is 4.99 Å². The van der Waals surface area contributed by atoms with Gasteiger partial charge in [0.1, 0.15) is 23.4 Å². The minimum atomic E-state index is -0.441.